The van der Waals surface area contributed by atoms with Gasteiger partial charge in [0.1, 0.15) is 11.3 Å². The first-order valence-electron chi connectivity index (χ1n) is 4.58. The number of nitrogen functional groups attached to an aromatic ring is 3. The van der Waals surface area contributed by atoms with Crippen molar-refractivity contribution >= 4 is 28.4 Å². The van der Waals surface area contributed by atoms with Crippen LogP contribution in [0.25, 0.3) is 0 Å². The van der Waals surface area contributed by atoms with Gasteiger partial charge in [-0.1, -0.05) is 0 Å². The standard InChI is InChI=1S/C7H8N6O6/c8-3-2(1-11(14)15)6(12(16)17)7(13(18)19)5(10)4(3)9/h1,8-10H2. The molecule has 0 fully saturated rings. The van der Waals surface area contributed by atoms with Gasteiger partial charge in [-0.3, -0.25) is 30.3 Å². The summed E-state index contributed by atoms with van der Waals surface area (Å²) in [7, 11) is 0. The van der Waals surface area contributed by atoms with Gasteiger partial charge in [-0.15, -0.1) is 0 Å². The Morgan fingerprint density at radius 1 is 0.789 bits per heavy atom. The molecule has 1 rings (SSSR count). The maximum atomic E-state index is 10.9. The molecule has 0 saturated heterocycles. The van der Waals surface area contributed by atoms with Gasteiger partial charge in [0.2, 0.25) is 6.54 Å². The molecule has 0 spiro atoms. The van der Waals surface area contributed by atoms with Gasteiger partial charge in [0, 0.05) is 4.92 Å². The molecule has 0 radical (unpaired) electrons. The molecule has 6 N–H and O–H groups in total. The molecule has 1 aromatic carbocycles. The topological polar surface area (TPSA) is 207 Å². The monoisotopic (exact) mass is 272 g/mol. The Kier molecular flexibility index (Phi) is 3.36. The summed E-state index contributed by atoms with van der Waals surface area (Å²) in [5, 5.41) is 32.1. The number of hydrogen-bond acceptors (Lipinski definition) is 9. The van der Waals surface area contributed by atoms with E-state index in [-0.39, 0.29) is 0 Å². The van der Waals surface area contributed by atoms with Crippen LogP contribution in [0.5, 0.6) is 0 Å². The number of hydrogen-bond donors (Lipinski definition) is 3. The Labute approximate surface area is 104 Å². The molecule has 0 atom stereocenters. The second-order valence-electron chi connectivity index (χ2n) is 3.42. The lowest BCUT2D eigenvalue weighted by atomic mass is 10.1. The van der Waals surface area contributed by atoms with Gasteiger partial charge in [-0.05, 0) is 0 Å². The number of nitro benzene ring substituents is 2. The van der Waals surface area contributed by atoms with Crippen LogP contribution in [0.15, 0.2) is 0 Å². The van der Waals surface area contributed by atoms with Gasteiger partial charge in [0.25, 0.3) is 0 Å². The molecule has 0 bridgehead atoms. The number of nitrogens with zero attached hydrogens (tertiary/aromatic N) is 3. The van der Waals surface area contributed by atoms with Gasteiger partial charge < -0.3 is 17.2 Å². The molecule has 12 nitrogen and oxygen atoms in total. The molecule has 0 unspecified atom stereocenters. The number of benzene rings is 1. The second-order valence-corrected chi connectivity index (χ2v) is 3.42. The minimum Gasteiger partial charge on any atom is -0.396 e. The summed E-state index contributed by atoms with van der Waals surface area (Å²) >= 11 is 0. The molecule has 0 saturated carbocycles. The predicted molar refractivity (Wildman–Crippen MR) is 63.7 cm³/mol. The van der Waals surface area contributed by atoms with E-state index in [9.17, 15) is 30.3 Å². The molecule has 102 valence electrons. The zero-order chi connectivity index (χ0) is 14.9. The van der Waals surface area contributed by atoms with Crippen molar-refractivity contribution in [2.75, 3.05) is 17.2 Å². The summed E-state index contributed by atoms with van der Waals surface area (Å²) in [5.41, 5.74) is 11.5. The van der Waals surface area contributed by atoms with E-state index < -0.39 is 55.3 Å². The van der Waals surface area contributed by atoms with Gasteiger partial charge in [0.15, 0.2) is 0 Å². The number of nitrogens with two attached hydrogens (primary N) is 3. The molecular formula is C7H8N6O6. The molecule has 0 aliphatic carbocycles. The quantitative estimate of drug-likeness (QED) is 0.382. The zero-order valence-electron chi connectivity index (χ0n) is 9.23. The van der Waals surface area contributed by atoms with Crippen LogP contribution in [-0.4, -0.2) is 14.8 Å². The predicted octanol–water partition coefficient (Wildman–Crippen LogP) is 0.0263. The molecular weight excluding hydrogens is 264 g/mol. The Bertz CT molecular complexity index is 598. The minimum atomic E-state index is -1.15. The van der Waals surface area contributed by atoms with Crippen LogP contribution in [0.1, 0.15) is 5.56 Å². The van der Waals surface area contributed by atoms with Crippen LogP contribution in [0, 0.1) is 30.3 Å². The van der Waals surface area contributed by atoms with Crippen molar-refractivity contribution in [1.82, 2.24) is 0 Å². The largest absolute Gasteiger partial charge is 0.396 e. The summed E-state index contributed by atoms with van der Waals surface area (Å²) in [6.45, 7) is -1.08. The van der Waals surface area contributed by atoms with Crippen molar-refractivity contribution in [3.63, 3.8) is 0 Å². The van der Waals surface area contributed by atoms with Crippen LogP contribution in [0.4, 0.5) is 28.4 Å². The molecule has 12 heteroatoms. The summed E-state index contributed by atoms with van der Waals surface area (Å²) in [4.78, 5) is 28.9. The van der Waals surface area contributed by atoms with Crippen molar-refractivity contribution in [1.29, 1.82) is 0 Å². The second kappa shape index (κ2) is 4.59. The lowest BCUT2D eigenvalue weighted by molar-refractivity contribution is -0.499. The normalized spacial score (nSPS) is 10.1. The van der Waals surface area contributed by atoms with E-state index in [1.165, 1.54) is 0 Å². The average Bonchev–Trinajstić information content (AvgIpc) is 2.28. The fourth-order valence-electron chi connectivity index (χ4n) is 1.50. The van der Waals surface area contributed by atoms with Crippen LogP contribution < -0.4 is 17.2 Å². The zero-order valence-corrected chi connectivity index (χ0v) is 9.23. The van der Waals surface area contributed by atoms with E-state index in [0.29, 0.717) is 0 Å². The Morgan fingerprint density at radius 3 is 1.63 bits per heavy atom. The van der Waals surface area contributed by atoms with Gasteiger partial charge in [0.05, 0.1) is 21.2 Å². The van der Waals surface area contributed by atoms with Crippen molar-refractivity contribution in [2.45, 2.75) is 6.54 Å². The fourth-order valence-corrected chi connectivity index (χ4v) is 1.50. The molecule has 0 heterocycles. The van der Waals surface area contributed by atoms with E-state index in [1.807, 2.05) is 0 Å². The maximum Gasteiger partial charge on any atom is 0.371 e. The molecule has 0 aliphatic heterocycles. The maximum absolute atomic E-state index is 10.9. The molecule has 19 heavy (non-hydrogen) atoms. The Morgan fingerprint density at radius 2 is 1.26 bits per heavy atom. The smallest absolute Gasteiger partial charge is 0.371 e. The van der Waals surface area contributed by atoms with Gasteiger partial charge >= 0.3 is 11.4 Å². The highest BCUT2D eigenvalue weighted by molar-refractivity contribution is 5.92. The molecule has 0 aromatic heterocycles. The van der Waals surface area contributed by atoms with E-state index >= 15 is 0 Å². The summed E-state index contributed by atoms with van der Waals surface area (Å²) < 4.78 is 0. The number of anilines is 3. The third-order valence-corrected chi connectivity index (χ3v) is 2.32. The van der Waals surface area contributed by atoms with Crippen LogP contribution >= 0.6 is 0 Å². The average molecular weight is 272 g/mol. The summed E-state index contributed by atoms with van der Waals surface area (Å²) in [5.74, 6) is 0. The first-order chi connectivity index (χ1) is 8.68. The summed E-state index contributed by atoms with van der Waals surface area (Å²) in [6.07, 6.45) is 0. The van der Waals surface area contributed by atoms with E-state index in [2.05, 4.69) is 0 Å². The van der Waals surface area contributed by atoms with Crippen LogP contribution in [-0.2, 0) is 6.54 Å². The fraction of sp³-hybridized carbons (Fsp3) is 0.143. The van der Waals surface area contributed by atoms with Gasteiger partial charge in [-0.2, -0.15) is 0 Å². The van der Waals surface area contributed by atoms with E-state index in [0.717, 1.165) is 0 Å². The third-order valence-electron chi connectivity index (χ3n) is 2.32. The van der Waals surface area contributed by atoms with Crippen LogP contribution in [0.2, 0.25) is 0 Å². The highest BCUT2D eigenvalue weighted by atomic mass is 16.6. The van der Waals surface area contributed by atoms with Gasteiger partial charge in [-0.25, -0.2) is 0 Å². The first-order valence-corrected chi connectivity index (χ1v) is 4.58. The van der Waals surface area contributed by atoms with Crippen molar-refractivity contribution < 1.29 is 14.8 Å². The highest BCUT2D eigenvalue weighted by Gasteiger charge is 2.37. The Balaban J connectivity index is 3.84. The Hall–Kier alpha value is -3.18. The summed E-state index contributed by atoms with van der Waals surface area (Å²) in [6, 6.07) is 0. The van der Waals surface area contributed by atoms with Crippen LogP contribution in [0.3, 0.4) is 0 Å². The first kappa shape index (κ1) is 13.9. The molecule has 0 aliphatic rings. The molecule has 1 aromatic rings. The lowest BCUT2D eigenvalue weighted by Gasteiger charge is -2.09. The minimum absolute atomic E-state index is 0.492. The number of rotatable bonds is 4. The highest BCUT2D eigenvalue weighted by Crippen LogP contribution is 2.44. The lowest BCUT2D eigenvalue weighted by Crippen LogP contribution is -2.13. The van der Waals surface area contributed by atoms with E-state index in [1.54, 1.807) is 0 Å². The SMILES string of the molecule is Nc1c(N)c(C[N+](=O)[O-])c([N+](=O)[O-])c([N+](=O)[O-])c1N. The number of nitro groups is 3. The molecule has 0 amide bonds. The van der Waals surface area contributed by atoms with E-state index in [4.69, 9.17) is 17.2 Å². The van der Waals surface area contributed by atoms with Crippen molar-refractivity contribution in [2.24, 2.45) is 0 Å². The van der Waals surface area contributed by atoms with Crippen molar-refractivity contribution in [3.8, 4) is 0 Å². The van der Waals surface area contributed by atoms with Crippen molar-refractivity contribution in [3.05, 3.63) is 35.9 Å². The third kappa shape index (κ3) is 2.26.